The summed E-state index contributed by atoms with van der Waals surface area (Å²) >= 11 is 6.39. The molecule has 0 aliphatic heterocycles. The van der Waals surface area contributed by atoms with Gasteiger partial charge >= 0.3 is 0 Å². The highest BCUT2D eigenvalue weighted by Crippen LogP contribution is 2.26. The van der Waals surface area contributed by atoms with Crippen LogP contribution in [0.1, 0.15) is 31.4 Å². The average Bonchev–Trinajstić information content (AvgIpc) is 2.88. The quantitative estimate of drug-likeness (QED) is 0.378. The lowest BCUT2D eigenvalue weighted by Crippen LogP contribution is -2.52. The number of anilines is 1. The maximum absolute atomic E-state index is 13.9. The van der Waals surface area contributed by atoms with Gasteiger partial charge in [-0.15, -0.1) is 0 Å². The SMILES string of the molecule is CCNC(=O)[C@@H](CC)N(Cc1ccccc1Cl)C(=O)CN(c1cccc(C)c1)S(=O)(=O)c1ccccc1. The number of nitrogens with zero attached hydrogens (tertiary/aromatic N) is 2. The Kier molecular flexibility index (Phi) is 9.72. The minimum Gasteiger partial charge on any atom is -0.355 e. The first-order chi connectivity index (χ1) is 17.7. The van der Waals surface area contributed by atoms with Crippen molar-refractivity contribution in [3.63, 3.8) is 0 Å². The van der Waals surface area contributed by atoms with Crippen LogP contribution in [0.2, 0.25) is 5.02 Å². The Labute approximate surface area is 224 Å². The van der Waals surface area contributed by atoms with E-state index in [4.69, 9.17) is 11.6 Å². The van der Waals surface area contributed by atoms with E-state index >= 15 is 0 Å². The molecule has 3 aromatic rings. The second kappa shape index (κ2) is 12.7. The number of aryl methyl sites for hydroxylation is 1. The number of nitrogens with one attached hydrogen (secondary N) is 1. The summed E-state index contributed by atoms with van der Waals surface area (Å²) < 4.78 is 28.6. The van der Waals surface area contributed by atoms with Gasteiger partial charge in [-0.05, 0) is 61.7 Å². The van der Waals surface area contributed by atoms with Crippen LogP contribution in [-0.2, 0) is 26.2 Å². The zero-order valence-electron chi connectivity index (χ0n) is 21.2. The van der Waals surface area contributed by atoms with E-state index < -0.39 is 28.5 Å². The van der Waals surface area contributed by atoms with Crippen molar-refractivity contribution < 1.29 is 18.0 Å². The number of amides is 2. The molecule has 0 saturated heterocycles. The van der Waals surface area contributed by atoms with E-state index in [0.717, 1.165) is 9.87 Å². The molecule has 3 aromatic carbocycles. The van der Waals surface area contributed by atoms with E-state index in [1.807, 2.05) is 19.9 Å². The van der Waals surface area contributed by atoms with E-state index in [1.54, 1.807) is 67.6 Å². The molecule has 3 rings (SSSR count). The third-order valence-electron chi connectivity index (χ3n) is 5.94. The number of benzene rings is 3. The summed E-state index contributed by atoms with van der Waals surface area (Å²) in [4.78, 5) is 28.3. The highest BCUT2D eigenvalue weighted by molar-refractivity contribution is 7.92. The third kappa shape index (κ3) is 6.90. The molecule has 0 unspecified atom stereocenters. The Balaban J connectivity index is 2.06. The lowest BCUT2D eigenvalue weighted by Gasteiger charge is -2.33. The van der Waals surface area contributed by atoms with Crippen LogP contribution in [-0.4, -0.2) is 44.3 Å². The van der Waals surface area contributed by atoms with Crippen LogP contribution in [0, 0.1) is 6.92 Å². The Bertz CT molecular complexity index is 1330. The third-order valence-corrected chi connectivity index (χ3v) is 8.09. The number of carbonyl (C=O) groups excluding carboxylic acids is 2. The number of likely N-dealkylation sites (N-methyl/N-ethyl adjacent to an activating group) is 1. The number of carbonyl (C=O) groups is 2. The van der Waals surface area contributed by atoms with Crippen LogP contribution >= 0.6 is 11.6 Å². The number of rotatable bonds is 11. The number of hydrogen-bond acceptors (Lipinski definition) is 4. The van der Waals surface area contributed by atoms with Crippen LogP contribution < -0.4 is 9.62 Å². The molecule has 9 heteroatoms. The molecule has 2 amide bonds. The largest absolute Gasteiger partial charge is 0.355 e. The lowest BCUT2D eigenvalue weighted by molar-refractivity contribution is -0.140. The molecular weight excluding hydrogens is 510 g/mol. The van der Waals surface area contributed by atoms with Crippen molar-refractivity contribution >= 4 is 39.1 Å². The first-order valence-corrected chi connectivity index (χ1v) is 14.0. The molecule has 0 fully saturated rings. The predicted molar refractivity (Wildman–Crippen MR) is 147 cm³/mol. The molecule has 37 heavy (non-hydrogen) atoms. The van der Waals surface area contributed by atoms with Gasteiger partial charge < -0.3 is 10.2 Å². The van der Waals surface area contributed by atoms with Crippen molar-refractivity contribution in [2.75, 3.05) is 17.4 Å². The van der Waals surface area contributed by atoms with Gasteiger partial charge in [0.25, 0.3) is 10.0 Å². The lowest BCUT2D eigenvalue weighted by atomic mass is 10.1. The molecule has 0 spiro atoms. The summed E-state index contributed by atoms with van der Waals surface area (Å²) in [5.74, 6) is -0.822. The first kappa shape index (κ1) is 28.2. The Morgan fingerprint density at radius 2 is 1.62 bits per heavy atom. The minimum absolute atomic E-state index is 0.0567. The van der Waals surface area contributed by atoms with E-state index in [-0.39, 0.29) is 17.3 Å². The van der Waals surface area contributed by atoms with Gasteiger partial charge in [-0.1, -0.05) is 67.1 Å². The predicted octanol–water partition coefficient (Wildman–Crippen LogP) is 4.79. The van der Waals surface area contributed by atoms with Crippen molar-refractivity contribution in [2.45, 2.75) is 44.7 Å². The first-order valence-electron chi connectivity index (χ1n) is 12.1. The Morgan fingerprint density at radius 1 is 0.946 bits per heavy atom. The van der Waals surface area contributed by atoms with Crippen molar-refractivity contribution in [1.82, 2.24) is 10.2 Å². The Morgan fingerprint density at radius 3 is 2.24 bits per heavy atom. The summed E-state index contributed by atoms with van der Waals surface area (Å²) in [7, 11) is -4.08. The fraction of sp³-hybridized carbons (Fsp3) is 0.286. The van der Waals surface area contributed by atoms with Gasteiger partial charge in [0, 0.05) is 18.1 Å². The Hall–Kier alpha value is -3.36. The standard InChI is InChI=1S/C28H32ClN3O4S/c1-4-26(28(34)30-5-2)31(19-22-13-9-10-17-25(22)29)27(33)20-32(23-14-11-12-21(3)18-23)37(35,36)24-15-7-6-8-16-24/h6-18,26H,4-5,19-20H2,1-3H3,(H,30,34)/t26-/m1/s1. The van der Waals surface area contributed by atoms with Crippen molar-refractivity contribution in [3.8, 4) is 0 Å². The molecule has 7 nitrogen and oxygen atoms in total. The zero-order valence-corrected chi connectivity index (χ0v) is 22.8. The van der Waals surface area contributed by atoms with Gasteiger partial charge in [-0.25, -0.2) is 8.42 Å². The van der Waals surface area contributed by atoms with Crippen LogP contribution in [0.4, 0.5) is 5.69 Å². The molecule has 1 N–H and O–H groups in total. The maximum Gasteiger partial charge on any atom is 0.264 e. The molecule has 0 heterocycles. The van der Waals surface area contributed by atoms with Crippen molar-refractivity contribution in [3.05, 3.63) is 95.0 Å². The fourth-order valence-corrected chi connectivity index (χ4v) is 5.68. The van der Waals surface area contributed by atoms with Crippen molar-refractivity contribution in [1.29, 1.82) is 0 Å². The second-order valence-corrected chi connectivity index (χ2v) is 10.9. The van der Waals surface area contributed by atoms with Gasteiger partial charge in [0.05, 0.1) is 10.6 Å². The normalized spacial score (nSPS) is 12.0. The highest BCUT2D eigenvalue weighted by Gasteiger charge is 2.33. The molecule has 196 valence electrons. The van der Waals surface area contributed by atoms with Gasteiger partial charge in [0.15, 0.2) is 0 Å². The zero-order chi connectivity index (χ0) is 27.0. The van der Waals surface area contributed by atoms with Gasteiger partial charge in [-0.3, -0.25) is 13.9 Å². The molecule has 0 saturated carbocycles. The number of halogens is 1. The van der Waals surface area contributed by atoms with Gasteiger partial charge in [-0.2, -0.15) is 0 Å². The highest BCUT2D eigenvalue weighted by atomic mass is 35.5. The summed E-state index contributed by atoms with van der Waals surface area (Å²) in [5.41, 5.74) is 1.87. The van der Waals surface area contributed by atoms with Crippen molar-refractivity contribution in [2.24, 2.45) is 0 Å². The van der Waals surface area contributed by atoms with E-state index in [2.05, 4.69) is 5.32 Å². The number of hydrogen-bond donors (Lipinski definition) is 1. The van der Waals surface area contributed by atoms with Crippen LogP contribution in [0.5, 0.6) is 0 Å². The number of sulfonamides is 1. The van der Waals surface area contributed by atoms with E-state index in [9.17, 15) is 18.0 Å². The maximum atomic E-state index is 13.9. The van der Waals surface area contributed by atoms with Gasteiger partial charge in [0.2, 0.25) is 11.8 Å². The molecule has 0 radical (unpaired) electrons. The summed E-state index contributed by atoms with van der Waals surface area (Å²) in [6, 6.07) is 21.2. The monoisotopic (exact) mass is 541 g/mol. The smallest absolute Gasteiger partial charge is 0.264 e. The summed E-state index contributed by atoms with van der Waals surface area (Å²) in [6.45, 7) is 5.44. The minimum atomic E-state index is -4.08. The van der Waals surface area contributed by atoms with E-state index in [0.29, 0.717) is 29.2 Å². The topological polar surface area (TPSA) is 86.8 Å². The van der Waals surface area contributed by atoms with E-state index in [1.165, 1.54) is 17.0 Å². The molecule has 0 bridgehead atoms. The summed E-state index contributed by atoms with van der Waals surface area (Å²) in [6.07, 6.45) is 0.345. The fourth-order valence-electron chi connectivity index (χ4n) is 4.05. The van der Waals surface area contributed by atoms with Gasteiger partial charge in [0.1, 0.15) is 12.6 Å². The second-order valence-electron chi connectivity index (χ2n) is 8.60. The van der Waals surface area contributed by atoms with Crippen LogP contribution in [0.25, 0.3) is 0 Å². The molecule has 0 aliphatic carbocycles. The summed E-state index contributed by atoms with van der Waals surface area (Å²) in [5, 5.41) is 3.24. The average molecular weight is 542 g/mol. The molecule has 0 aliphatic rings. The van der Waals surface area contributed by atoms with Crippen LogP contribution in [0.3, 0.4) is 0 Å². The molecule has 1 atom stereocenters. The molecule has 0 aromatic heterocycles. The molecular formula is C28H32ClN3O4S. The van der Waals surface area contributed by atoms with Crippen LogP contribution in [0.15, 0.2) is 83.8 Å².